The maximum absolute atomic E-state index is 12.7. The van der Waals surface area contributed by atoms with E-state index in [2.05, 4.69) is 9.71 Å². The highest BCUT2D eigenvalue weighted by atomic mass is 35.5. The molecular weight excluding hydrogens is 346 g/mol. The number of rotatable bonds is 3. The van der Waals surface area contributed by atoms with Crippen molar-refractivity contribution >= 4 is 55.2 Å². The van der Waals surface area contributed by atoms with Crippen LogP contribution in [0.2, 0.25) is 0 Å². The van der Waals surface area contributed by atoms with Gasteiger partial charge in [-0.2, -0.15) is 0 Å². The van der Waals surface area contributed by atoms with Gasteiger partial charge in [-0.25, -0.2) is 13.4 Å². The van der Waals surface area contributed by atoms with Crippen LogP contribution < -0.4 is 4.72 Å². The molecule has 0 radical (unpaired) electrons. The Labute approximate surface area is 135 Å². The summed E-state index contributed by atoms with van der Waals surface area (Å²) in [7, 11) is -3.73. The second-order valence-electron chi connectivity index (χ2n) is 4.81. The molecule has 2 aliphatic heterocycles. The number of anilines is 1. The van der Waals surface area contributed by atoms with Gasteiger partial charge < -0.3 is 9.32 Å². The van der Waals surface area contributed by atoms with Crippen LogP contribution in [-0.4, -0.2) is 29.4 Å². The molecule has 0 saturated carbocycles. The van der Waals surface area contributed by atoms with Crippen molar-refractivity contribution in [1.82, 2.24) is 4.90 Å². The smallest absolute Gasteiger partial charge is 0.257 e. The lowest BCUT2D eigenvalue weighted by molar-refractivity contribution is 0.504. The summed E-state index contributed by atoms with van der Waals surface area (Å²) in [6.07, 6.45) is 3.23. The molecule has 0 aliphatic carbocycles. The molecule has 0 bridgehead atoms. The van der Waals surface area contributed by atoms with E-state index in [1.807, 2.05) is 0 Å². The molecule has 9 heteroatoms. The van der Waals surface area contributed by atoms with Crippen LogP contribution in [0.3, 0.4) is 0 Å². The van der Waals surface area contributed by atoms with Gasteiger partial charge in [0, 0.05) is 17.3 Å². The number of sulfonamides is 1. The highest BCUT2D eigenvalue weighted by Gasteiger charge is 2.45. The molecule has 0 fully saturated rings. The van der Waals surface area contributed by atoms with E-state index < -0.39 is 20.9 Å². The third kappa shape index (κ3) is 2.18. The summed E-state index contributed by atoms with van der Waals surface area (Å²) in [6.45, 7) is 0. The van der Waals surface area contributed by atoms with E-state index in [-0.39, 0.29) is 0 Å². The predicted octanol–water partition coefficient (Wildman–Crippen LogP) is 2.96. The summed E-state index contributed by atoms with van der Waals surface area (Å²) in [5.74, 6) is 0. The van der Waals surface area contributed by atoms with Crippen molar-refractivity contribution in [3.8, 4) is 0 Å². The topological polar surface area (TPSA) is 74.9 Å². The molecule has 2 aliphatic rings. The van der Waals surface area contributed by atoms with Gasteiger partial charge in [0.1, 0.15) is 5.58 Å². The van der Waals surface area contributed by atoms with Gasteiger partial charge in [0.2, 0.25) is 0 Å². The summed E-state index contributed by atoms with van der Waals surface area (Å²) in [5, 5.41) is 2.24. The van der Waals surface area contributed by atoms with E-state index in [9.17, 15) is 8.42 Å². The quantitative estimate of drug-likeness (QED) is 0.676. The number of furan rings is 1. The van der Waals surface area contributed by atoms with Gasteiger partial charge in [-0.15, -0.1) is 0 Å². The number of fused-ring (bicyclic) bond motifs is 2. The van der Waals surface area contributed by atoms with Gasteiger partial charge in [-0.1, -0.05) is 23.4 Å². The maximum Gasteiger partial charge on any atom is 0.257 e. The average Bonchev–Trinajstić information content (AvgIpc) is 3.11. The third-order valence-electron chi connectivity index (χ3n) is 3.39. The van der Waals surface area contributed by atoms with Crippen molar-refractivity contribution in [2.24, 2.45) is 4.99 Å². The SMILES string of the molecule is O=S(=O)(Nc1ccc2occc2c1)C1C(Cl)N=C2SC=CN21. The molecule has 114 valence electrons. The normalized spacial score (nSPS) is 23.9. The van der Waals surface area contributed by atoms with Crippen LogP contribution in [0.5, 0.6) is 0 Å². The number of hydrogen-bond donors (Lipinski definition) is 1. The Kier molecular flexibility index (Phi) is 3.14. The van der Waals surface area contributed by atoms with Crippen LogP contribution in [0.25, 0.3) is 11.0 Å². The second kappa shape index (κ2) is 4.94. The van der Waals surface area contributed by atoms with E-state index in [1.54, 1.807) is 47.0 Å². The van der Waals surface area contributed by atoms with Crippen LogP contribution in [0.4, 0.5) is 5.69 Å². The number of hydrogen-bond acceptors (Lipinski definition) is 6. The second-order valence-corrected chi connectivity index (χ2v) is 7.90. The highest BCUT2D eigenvalue weighted by molar-refractivity contribution is 8.16. The number of amidine groups is 1. The highest BCUT2D eigenvalue weighted by Crippen LogP contribution is 2.35. The zero-order valence-corrected chi connectivity index (χ0v) is 13.4. The molecule has 6 nitrogen and oxygen atoms in total. The molecule has 1 N–H and O–H groups in total. The molecule has 0 saturated heterocycles. The Balaban J connectivity index is 1.65. The molecule has 0 amide bonds. The summed E-state index contributed by atoms with van der Waals surface area (Å²) >= 11 is 7.45. The van der Waals surface area contributed by atoms with Crippen LogP contribution in [-0.2, 0) is 10.0 Å². The number of nitrogens with one attached hydrogen (secondary N) is 1. The van der Waals surface area contributed by atoms with E-state index in [4.69, 9.17) is 16.0 Å². The Morgan fingerprint density at radius 1 is 1.36 bits per heavy atom. The van der Waals surface area contributed by atoms with Crippen molar-refractivity contribution in [3.05, 3.63) is 42.1 Å². The van der Waals surface area contributed by atoms with Gasteiger partial charge in [-0.05, 0) is 29.7 Å². The Bertz CT molecular complexity index is 906. The maximum atomic E-state index is 12.7. The third-order valence-corrected chi connectivity index (χ3v) is 6.30. The number of aliphatic imine (C=N–C) groups is 1. The molecule has 0 spiro atoms. The lowest BCUT2D eigenvalue weighted by Gasteiger charge is -2.22. The molecule has 1 aromatic carbocycles. The number of benzene rings is 1. The lowest BCUT2D eigenvalue weighted by Crippen LogP contribution is -2.42. The van der Waals surface area contributed by atoms with Crippen LogP contribution >= 0.6 is 23.4 Å². The minimum atomic E-state index is -3.73. The van der Waals surface area contributed by atoms with Crippen LogP contribution in [0, 0.1) is 0 Å². The molecule has 4 rings (SSSR count). The largest absolute Gasteiger partial charge is 0.464 e. The first-order valence-corrected chi connectivity index (χ1v) is 9.23. The molecular formula is C13H10ClN3O3S2. The van der Waals surface area contributed by atoms with Crippen molar-refractivity contribution in [3.63, 3.8) is 0 Å². The number of thioether (sulfide) groups is 1. The summed E-state index contributed by atoms with van der Waals surface area (Å²) < 4.78 is 33.1. The number of halogens is 1. The minimum absolute atomic E-state index is 0.460. The van der Waals surface area contributed by atoms with Gasteiger partial charge in [0.25, 0.3) is 10.0 Å². The monoisotopic (exact) mass is 355 g/mol. The zero-order valence-electron chi connectivity index (χ0n) is 11.0. The Morgan fingerprint density at radius 3 is 3.09 bits per heavy atom. The summed E-state index contributed by atoms with van der Waals surface area (Å²) in [4.78, 5) is 5.73. The van der Waals surface area contributed by atoms with Gasteiger partial charge in [0.15, 0.2) is 16.0 Å². The van der Waals surface area contributed by atoms with Gasteiger partial charge in [0.05, 0.1) is 6.26 Å². The van der Waals surface area contributed by atoms with E-state index >= 15 is 0 Å². The number of alkyl halides is 1. The van der Waals surface area contributed by atoms with E-state index in [0.29, 0.717) is 16.4 Å². The fourth-order valence-electron chi connectivity index (χ4n) is 2.43. The number of nitrogens with zero attached hydrogens (tertiary/aromatic N) is 2. The molecule has 3 heterocycles. The lowest BCUT2D eigenvalue weighted by atomic mass is 10.2. The first-order chi connectivity index (χ1) is 10.5. The Hall–Kier alpha value is -1.64. The predicted molar refractivity (Wildman–Crippen MR) is 88.2 cm³/mol. The first kappa shape index (κ1) is 14.0. The van der Waals surface area contributed by atoms with Crippen molar-refractivity contribution in [2.75, 3.05) is 4.72 Å². The minimum Gasteiger partial charge on any atom is -0.464 e. The molecule has 2 aromatic rings. The van der Waals surface area contributed by atoms with E-state index in [0.717, 1.165) is 5.39 Å². The Morgan fingerprint density at radius 2 is 2.23 bits per heavy atom. The molecule has 1 aromatic heterocycles. The molecule has 2 atom stereocenters. The van der Waals surface area contributed by atoms with Gasteiger partial charge in [-0.3, -0.25) is 4.72 Å². The fraction of sp³-hybridized carbons (Fsp3) is 0.154. The van der Waals surface area contributed by atoms with Crippen molar-refractivity contribution in [1.29, 1.82) is 0 Å². The first-order valence-electron chi connectivity index (χ1n) is 6.37. The summed E-state index contributed by atoms with van der Waals surface area (Å²) in [5.41, 5.74) is 0.313. The summed E-state index contributed by atoms with van der Waals surface area (Å²) in [6, 6.07) is 6.85. The fourth-order valence-corrected chi connectivity index (χ4v) is 5.36. The van der Waals surface area contributed by atoms with E-state index in [1.165, 1.54) is 11.8 Å². The zero-order chi connectivity index (χ0) is 15.3. The van der Waals surface area contributed by atoms with Gasteiger partial charge >= 0.3 is 0 Å². The average molecular weight is 356 g/mol. The van der Waals surface area contributed by atoms with Crippen molar-refractivity contribution < 1.29 is 12.8 Å². The van der Waals surface area contributed by atoms with Crippen LogP contribution in [0.15, 0.2) is 51.5 Å². The van der Waals surface area contributed by atoms with Crippen molar-refractivity contribution in [2.45, 2.75) is 10.9 Å². The van der Waals surface area contributed by atoms with Crippen LogP contribution in [0.1, 0.15) is 0 Å². The molecule has 2 unspecified atom stereocenters. The molecule has 22 heavy (non-hydrogen) atoms. The standard InChI is InChI=1S/C13H10ClN3O3S2/c14-11-12(17-4-6-21-13(17)15-11)22(18,19)16-9-1-2-10-8(7-9)3-5-20-10/h1-7,11-12,16H.